The van der Waals surface area contributed by atoms with E-state index in [2.05, 4.69) is 23.3 Å². The molecule has 3 nitrogen and oxygen atoms in total. The molecule has 0 aliphatic carbocycles. The van der Waals surface area contributed by atoms with E-state index >= 15 is 0 Å². The summed E-state index contributed by atoms with van der Waals surface area (Å²) in [6.07, 6.45) is 9.25. The predicted molar refractivity (Wildman–Crippen MR) is 54.3 cm³/mol. The van der Waals surface area contributed by atoms with Crippen molar-refractivity contribution >= 4 is 0 Å². The third-order valence-electron chi connectivity index (χ3n) is 1.99. The highest BCUT2D eigenvalue weighted by Crippen LogP contribution is 2.01. The van der Waals surface area contributed by atoms with Gasteiger partial charge in [0.05, 0.1) is 0 Å². The Balaban J connectivity index is 2.24. The molecule has 3 heteroatoms. The maximum atomic E-state index is 5.36. The summed E-state index contributed by atoms with van der Waals surface area (Å²) in [5.41, 5.74) is 6.64. The highest BCUT2D eigenvalue weighted by Gasteiger charge is 1.94. The van der Waals surface area contributed by atoms with Crippen molar-refractivity contribution in [2.75, 3.05) is 6.54 Å². The van der Waals surface area contributed by atoms with Crippen molar-refractivity contribution in [3.05, 3.63) is 30.1 Å². The van der Waals surface area contributed by atoms with Gasteiger partial charge in [0, 0.05) is 18.9 Å². The average molecular weight is 179 g/mol. The van der Waals surface area contributed by atoms with Crippen LogP contribution in [0.1, 0.15) is 18.5 Å². The van der Waals surface area contributed by atoms with Gasteiger partial charge in [-0.25, -0.2) is 0 Å². The molecular weight excluding hydrogens is 162 g/mol. The first-order valence-corrected chi connectivity index (χ1v) is 4.66. The van der Waals surface area contributed by atoms with Crippen molar-refractivity contribution in [3.63, 3.8) is 0 Å². The molecule has 0 saturated carbocycles. The van der Waals surface area contributed by atoms with Crippen molar-refractivity contribution in [3.8, 4) is 0 Å². The molecule has 72 valence electrons. The van der Waals surface area contributed by atoms with Gasteiger partial charge in [-0.2, -0.15) is 5.10 Å². The van der Waals surface area contributed by atoms with Crippen LogP contribution in [0.4, 0.5) is 0 Å². The van der Waals surface area contributed by atoms with Crippen LogP contribution in [0.5, 0.6) is 0 Å². The van der Waals surface area contributed by atoms with E-state index in [1.807, 2.05) is 17.9 Å². The lowest BCUT2D eigenvalue weighted by Crippen LogP contribution is -1.97. The minimum Gasteiger partial charge on any atom is -0.330 e. The Hall–Kier alpha value is -1.09. The fourth-order valence-corrected chi connectivity index (χ4v) is 1.21. The van der Waals surface area contributed by atoms with Crippen molar-refractivity contribution in [1.82, 2.24) is 9.78 Å². The van der Waals surface area contributed by atoms with Crippen LogP contribution in [0.25, 0.3) is 0 Å². The van der Waals surface area contributed by atoms with Crippen LogP contribution < -0.4 is 5.73 Å². The third kappa shape index (κ3) is 3.42. The molecule has 1 heterocycles. The molecule has 13 heavy (non-hydrogen) atoms. The number of rotatable bonds is 5. The number of hydrogen-bond acceptors (Lipinski definition) is 2. The largest absolute Gasteiger partial charge is 0.330 e. The lowest BCUT2D eigenvalue weighted by atomic mass is 10.2. The van der Waals surface area contributed by atoms with E-state index in [0.29, 0.717) is 0 Å². The van der Waals surface area contributed by atoms with E-state index in [9.17, 15) is 0 Å². The molecule has 0 aromatic carbocycles. The van der Waals surface area contributed by atoms with Gasteiger partial charge in [-0.05, 0) is 31.9 Å². The monoisotopic (exact) mass is 179 g/mol. The summed E-state index contributed by atoms with van der Waals surface area (Å²) in [7, 11) is 1.97. The lowest BCUT2D eigenvalue weighted by Gasteiger charge is -1.97. The molecule has 0 saturated heterocycles. The van der Waals surface area contributed by atoms with E-state index in [1.165, 1.54) is 5.69 Å². The van der Waals surface area contributed by atoms with Gasteiger partial charge in [0.2, 0.25) is 0 Å². The van der Waals surface area contributed by atoms with Gasteiger partial charge >= 0.3 is 0 Å². The van der Waals surface area contributed by atoms with Crippen molar-refractivity contribution in [1.29, 1.82) is 0 Å². The average Bonchev–Trinajstić information content (AvgIpc) is 2.52. The Morgan fingerprint density at radius 3 is 2.85 bits per heavy atom. The van der Waals surface area contributed by atoms with E-state index in [0.717, 1.165) is 25.8 Å². The molecule has 2 N–H and O–H groups in total. The second kappa shape index (κ2) is 5.54. The topological polar surface area (TPSA) is 43.8 Å². The Labute approximate surface area is 79.2 Å². The first-order valence-electron chi connectivity index (χ1n) is 4.66. The summed E-state index contributed by atoms with van der Waals surface area (Å²) in [6.45, 7) is 0.738. The van der Waals surface area contributed by atoms with Crippen molar-refractivity contribution < 1.29 is 0 Å². The van der Waals surface area contributed by atoms with Gasteiger partial charge in [-0.15, -0.1) is 0 Å². The van der Waals surface area contributed by atoms with E-state index in [-0.39, 0.29) is 0 Å². The molecule has 0 radical (unpaired) electrons. The van der Waals surface area contributed by atoms with Gasteiger partial charge in [-0.3, -0.25) is 4.68 Å². The van der Waals surface area contributed by atoms with Crippen molar-refractivity contribution in [2.24, 2.45) is 12.8 Å². The van der Waals surface area contributed by atoms with Gasteiger partial charge in [0.25, 0.3) is 0 Å². The standard InChI is InChI=1S/C10H17N3/c1-13-10(7-9-12-13)6-4-2-3-5-8-11/h2-3,7,9H,4-6,8,11H2,1H3/b3-2+. The molecule has 0 spiro atoms. The van der Waals surface area contributed by atoms with E-state index in [1.54, 1.807) is 0 Å². The zero-order chi connectivity index (χ0) is 9.52. The van der Waals surface area contributed by atoms with Crippen LogP contribution in [0, 0.1) is 0 Å². The highest BCUT2D eigenvalue weighted by molar-refractivity contribution is 5.01. The summed E-state index contributed by atoms with van der Waals surface area (Å²) in [5.74, 6) is 0. The molecule has 0 amide bonds. The molecule has 1 rings (SSSR count). The minimum atomic E-state index is 0.738. The summed E-state index contributed by atoms with van der Waals surface area (Å²) in [6, 6.07) is 2.05. The van der Waals surface area contributed by atoms with Gasteiger partial charge in [-0.1, -0.05) is 12.2 Å². The fraction of sp³-hybridized carbons (Fsp3) is 0.500. The van der Waals surface area contributed by atoms with Gasteiger partial charge in [0.15, 0.2) is 0 Å². The smallest absolute Gasteiger partial charge is 0.0492 e. The van der Waals surface area contributed by atoms with Crippen LogP contribution >= 0.6 is 0 Å². The number of hydrogen-bond donors (Lipinski definition) is 1. The molecule has 0 fully saturated rings. The molecule has 1 aromatic heterocycles. The third-order valence-corrected chi connectivity index (χ3v) is 1.99. The molecule has 0 atom stereocenters. The number of allylic oxidation sites excluding steroid dienone is 1. The summed E-state index contributed by atoms with van der Waals surface area (Å²) in [5, 5.41) is 4.10. The van der Waals surface area contributed by atoms with Crippen LogP contribution in [0.3, 0.4) is 0 Å². The maximum absolute atomic E-state index is 5.36. The normalized spacial score (nSPS) is 11.2. The second-order valence-electron chi connectivity index (χ2n) is 3.03. The van der Waals surface area contributed by atoms with Crippen LogP contribution in [0.15, 0.2) is 24.4 Å². The number of nitrogens with zero attached hydrogens (tertiary/aromatic N) is 2. The SMILES string of the molecule is Cn1nccc1CC/C=C/CCN. The predicted octanol–water partition coefficient (Wildman–Crippen LogP) is 1.26. The van der Waals surface area contributed by atoms with Crippen LogP contribution in [-0.4, -0.2) is 16.3 Å². The summed E-state index contributed by atoms with van der Waals surface area (Å²) in [4.78, 5) is 0. The number of nitrogens with two attached hydrogens (primary N) is 1. The number of aryl methyl sites for hydroxylation is 2. The van der Waals surface area contributed by atoms with E-state index in [4.69, 9.17) is 5.73 Å². The van der Waals surface area contributed by atoms with Gasteiger partial charge in [0.1, 0.15) is 0 Å². The zero-order valence-corrected chi connectivity index (χ0v) is 8.11. The molecule has 0 unspecified atom stereocenters. The Morgan fingerprint density at radius 1 is 1.46 bits per heavy atom. The minimum absolute atomic E-state index is 0.738. The molecule has 1 aromatic rings. The first-order chi connectivity index (χ1) is 6.34. The lowest BCUT2D eigenvalue weighted by molar-refractivity contribution is 0.706. The van der Waals surface area contributed by atoms with Crippen molar-refractivity contribution in [2.45, 2.75) is 19.3 Å². The first kappa shape index (κ1) is 9.99. The fourth-order valence-electron chi connectivity index (χ4n) is 1.21. The maximum Gasteiger partial charge on any atom is 0.0492 e. The van der Waals surface area contributed by atoms with Gasteiger partial charge < -0.3 is 5.73 Å². The highest BCUT2D eigenvalue weighted by atomic mass is 15.2. The number of aromatic nitrogens is 2. The quantitative estimate of drug-likeness (QED) is 0.691. The van der Waals surface area contributed by atoms with Crippen LogP contribution in [-0.2, 0) is 13.5 Å². The molecular formula is C10H17N3. The molecule has 0 bridgehead atoms. The summed E-state index contributed by atoms with van der Waals surface area (Å²) < 4.78 is 1.91. The summed E-state index contributed by atoms with van der Waals surface area (Å²) >= 11 is 0. The van der Waals surface area contributed by atoms with Crippen LogP contribution in [0.2, 0.25) is 0 Å². The Kier molecular flexibility index (Phi) is 4.26. The zero-order valence-electron chi connectivity index (χ0n) is 8.11. The Morgan fingerprint density at radius 2 is 2.23 bits per heavy atom. The Bertz CT molecular complexity index is 263. The molecule has 0 aliphatic heterocycles. The molecule has 0 aliphatic rings. The van der Waals surface area contributed by atoms with E-state index < -0.39 is 0 Å². The second-order valence-corrected chi connectivity index (χ2v) is 3.03.